The first-order valence-corrected chi connectivity index (χ1v) is 28.9. The van der Waals surface area contributed by atoms with Crippen LogP contribution in [0.1, 0.15) is 118 Å². The molecule has 78 heavy (non-hydrogen) atoms. The molecule has 0 radical (unpaired) electrons. The molecule has 4 aliphatic carbocycles. The Bertz CT molecular complexity index is 3170. The third-order valence-electron chi connectivity index (χ3n) is 17.5. The number of allylic oxidation sites excluding steroid dienone is 4. The second-order valence-electron chi connectivity index (χ2n) is 23.1. The molecule has 4 N–H and O–H groups in total. The summed E-state index contributed by atoms with van der Waals surface area (Å²) in [5.41, 5.74) is 4.47. The largest absolute Gasteiger partial charge is 0.535 e. The molecular weight excluding hydrogens is 1020 g/mol. The number of benzene rings is 2. The van der Waals surface area contributed by atoms with E-state index in [4.69, 9.17) is 18.9 Å². The number of methoxy groups -OCH3 is 1. The summed E-state index contributed by atoms with van der Waals surface area (Å²) in [7, 11) is -3.29. The number of fused-ring (bicyclic) bond motifs is 2. The van der Waals surface area contributed by atoms with Gasteiger partial charge in [0.05, 0.1) is 36.3 Å². The lowest BCUT2D eigenvalue weighted by Crippen LogP contribution is -2.60. The maximum Gasteiger partial charge on any atom is 0.535 e. The first kappa shape index (κ1) is 53.9. The molecule has 17 nitrogen and oxygen atoms in total. The molecule has 3 saturated heterocycles. The zero-order chi connectivity index (χ0) is 54.6. The Kier molecular flexibility index (Phi) is 14.9. The predicted molar refractivity (Wildman–Crippen MR) is 291 cm³/mol. The van der Waals surface area contributed by atoms with Gasteiger partial charge in [-0.05, 0) is 141 Å². The van der Waals surface area contributed by atoms with Crippen LogP contribution in [0.4, 0.5) is 14.5 Å². The van der Waals surface area contributed by atoms with Gasteiger partial charge in [-0.3, -0.25) is 19.3 Å². The quantitative estimate of drug-likeness (QED) is 0.0773. The number of alkyl halides is 2. The molecule has 20 heteroatoms. The Morgan fingerprint density at radius 3 is 2.53 bits per heavy atom. The zero-order valence-corrected chi connectivity index (χ0v) is 45.5. The van der Waals surface area contributed by atoms with E-state index in [9.17, 15) is 32.0 Å². The lowest BCUT2D eigenvalue weighted by atomic mass is 9.59. The first-order valence-electron chi connectivity index (χ1n) is 27.4. The molecule has 11 rings (SSSR count). The number of pyridine rings is 1. The number of ether oxygens (including phenoxy) is 4. The molecule has 1 amide bonds. The number of aromatic nitrogens is 2. The number of aliphatic hydroxyl groups is 1. The van der Waals surface area contributed by atoms with Crippen molar-refractivity contribution in [3.8, 4) is 11.5 Å². The molecule has 1 spiro atoms. The summed E-state index contributed by atoms with van der Waals surface area (Å²) in [4.78, 5) is 40.9. The number of rotatable bonds is 16. The molecule has 0 bridgehead atoms. The van der Waals surface area contributed by atoms with E-state index in [2.05, 4.69) is 85.4 Å². The highest BCUT2D eigenvalue weighted by atomic mass is 32.2. The first-order chi connectivity index (χ1) is 37.4. The van der Waals surface area contributed by atoms with E-state index in [1.54, 1.807) is 38.4 Å². The summed E-state index contributed by atoms with van der Waals surface area (Å²) in [6.45, 7) is 12.0. The molecule has 3 aliphatic heterocycles. The number of nitroso groups, excluding NO2 is 1. The highest BCUT2D eigenvalue weighted by Crippen LogP contribution is 2.54. The summed E-state index contributed by atoms with van der Waals surface area (Å²) in [6.07, 6.45) is 10.9. The molecule has 2 saturated carbocycles. The van der Waals surface area contributed by atoms with Crippen LogP contribution in [0.25, 0.3) is 11.0 Å². The van der Waals surface area contributed by atoms with Crippen LogP contribution in [0.3, 0.4) is 0 Å². The van der Waals surface area contributed by atoms with Gasteiger partial charge in [0.1, 0.15) is 33.9 Å². The molecule has 5 heterocycles. The Hall–Kier alpha value is -6.03. The molecule has 416 valence electrons. The average Bonchev–Trinajstić information content (AvgIpc) is 4.21. The van der Waals surface area contributed by atoms with Crippen LogP contribution < -0.4 is 19.7 Å². The maximum atomic E-state index is 14.9. The normalized spacial score (nSPS) is 26.7. The van der Waals surface area contributed by atoms with Crippen LogP contribution in [-0.2, 0) is 24.2 Å². The van der Waals surface area contributed by atoms with Crippen molar-refractivity contribution in [3.63, 3.8) is 0 Å². The SMILES string of the molecule is COC1=CC=C(CN2CCN(C3CC4(CCN(c5ccc(C(=O)NS(=O)(=O)C6=C7OC(F)(F)OC7C(NCC7CCC(C)(O)CC7)C(N=O)=C6)c(Oc6cnc7[nH]ccc7c6)c5)CC4)C3)[C@H](c3ccccc3C(C)C)C2)CC1. The smallest absolute Gasteiger partial charge is 0.501 e. The number of sulfonamides is 1. The van der Waals surface area contributed by atoms with E-state index in [0.717, 1.165) is 101 Å². The average molecular weight is 1090 g/mol. The second-order valence-corrected chi connectivity index (χ2v) is 24.8. The van der Waals surface area contributed by atoms with Crippen molar-refractivity contribution in [1.82, 2.24) is 29.8 Å². The molecular formula is C58H70F2N8O9S. The standard InChI is InChI=1S/C58H70F2N8O9S/c1-36(2)44-7-5-6-8-45(44)48-35-66(34-38-9-12-42(74-4)13-10-38)25-26-68(48)41-30-57(31-41)20-23-67(24-21-57)40-11-14-46(49(28-40)75-43-27-39-17-22-61-54(39)63-33-43)55(69)65-78(72,73)50-29-47(64-71)51(53-52(50)76-58(59,60)77-53)62-32-37-15-18-56(3,70)19-16-37/h5-9,11-12,14,17,22,27-29,33,36-37,41,48,51,53,62,70H,10,13,15-16,18-21,23-26,30-32,34-35H2,1-4H3,(H,61,63)(H,65,69)/t37?,48-,51?,53?,56?/m0/s1. The van der Waals surface area contributed by atoms with Gasteiger partial charge in [-0.25, -0.2) is 18.1 Å². The minimum absolute atomic E-state index is 0.0344. The fraction of sp³-hybridized carbons (Fsp3) is 0.517. The van der Waals surface area contributed by atoms with Gasteiger partial charge in [0, 0.05) is 81.1 Å². The number of piperidine rings is 1. The van der Waals surface area contributed by atoms with E-state index >= 15 is 0 Å². The van der Waals surface area contributed by atoms with Crippen LogP contribution >= 0.6 is 0 Å². The number of aromatic amines is 1. The Morgan fingerprint density at radius 1 is 1.01 bits per heavy atom. The topological polar surface area (TPSA) is 200 Å². The highest BCUT2D eigenvalue weighted by Gasteiger charge is 2.56. The van der Waals surface area contributed by atoms with E-state index < -0.39 is 56.3 Å². The van der Waals surface area contributed by atoms with Gasteiger partial charge >= 0.3 is 6.29 Å². The van der Waals surface area contributed by atoms with Crippen LogP contribution in [0, 0.1) is 16.2 Å². The molecule has 2 aromatic carbocycles. The highest BCUT2D eigenvalue weighted by molar-refractivity contribution is 7.94. The van der Waals surface area contributed by atoms with E-state index in [1.165, 1.54) is 29.0 Å². The van der Waals surface area contributed by atoms with Crippen LogP contribution in [0.5, 0.6) is 11.5 Å². The van der Waals surface area contributed by atoms with Crippen molar-refractivity contribution in [2.45, 2.75) is 127 Å². The molecule has 5 fully saturated rings. The number of carbonyl (C=O) groups excluding carboxylic acids is 1. The van der Waals surface area contributed by atoms with Crippen LogP contribution in [0.15, 0.2) is 118 Å². The van der Waals surface area contributed by atoms with Crippen molar-refractivity contribution in [1.29, 1.82) is 0 Å². The third-order valence-corrected chi connectivity index (χ3v) is 18.9. The Morgan fingerprint density at radius 2 is 1.79 bits per heavy atom. The summed E-state index contributed by atoms with van der Waals surface area (Å²) < 4.78 is 82.0. The van der Waals surface area contributed by atoms with E-state index in [-0.39, 0.29) is 41.0 Å². The number of hydrogen-bond donors (Lipinski definition) is 4. The van der Waals surface area contributed by atoms with Crippen molar-refractivity contribution in [2.75, 3.05) is 57.8 Å². The molecule has 7 aliphatic rings. The maximum absolute atomic E-state index is 14.9. The van der Waals surface area contributed by atoms with E-state index in [0.29, 0.717) is 43.3 Å². The lowest BCUT2D eigenvalue weighted by Gasteiger charge is -2.58. The Balaban J connectivity index is 0.796. The zero-order valence-electron chi connectivity index (χ0n) is 44.7. The molecule has 3 atom stereocenters. The van der Waals surface area contributed by atoms with Gasteiger partial charge in [0.25, 0.3) is 15.9 Å². The molecule has 2 unspecified atom stereocenters. The monoisotopic (exact) mass is 1090 g/mol. The van der Waals surface area contributed by atoms with Gasteiger partial charge in [-0.15, -0.1) is 13.7 Å². The van der Waals surface area contributed by atoms with E-state index in [1.807, 2.05) is 10.8 Å². The number of halogens is 2. The number of hydrogen-bond acceptors (Lipinski definition) is 15. The number of amides is 1. The number of H-pyrrole nitrogens is 1. The lowest BCUT2D eigenvalue weighted by molar-refractivity contribution is -0.342. The van der Waals surface area contributed by atoms with Crippen LogP contribution in [0.2, 0.25) is 0 Å². The molecule has 2 aromatic heterocycles. The number of anilines is 1. The van der Waals surface area contributed by atoms with Gasteiger partial charge in [0.15, 0.2) is 5.76 Å². The minimum atomic E-state index is -5.04. The second kappa shape index (κ2) is 21.6. The molecule has 4 aromatic rings. The summed E-state index contributed by atoms with van der Waals surface area (Å²) in [6, 6.07) is 16.9. The number of piperazine rings is 1. The van der Waals surface area contributed by atoms with Gasteiger partial charge in [-0.2, -0.15) is 0 Å². The van der Waals surface area contributed by atoms with Gasteiger partial charge < -0.3 is 34.5 Å². The van der Waals surface area contributed by atoms with Crippen LogP contribution in [-0.4, -0.2) is 122 Å². The van der Waals surface area contributed by atoms with Gasteiger partial charge in [-0.1, -0.05) is 49.8 Å². The number of nitrogens with zero attached hydrogens (tertiary/aromatic N) is 5. The predicted octanol–water partition coefficient (Wildman–Crippen LogP) is 9.64. The summed E-state index contributed by atoms with van der Waals surface area (Å²) in [5.74, 6) is -0.108. The van der Waals surface area contributed by atoms with Crippen molar-refractivity contribution in [3.05, 3.63) is 135 Å². The summed E-state index contributed by atoms with van der Waals surface area (Å²) >= 11 is 0. The fourth-order valence-corrected chi connectivity index (χ4v) is 14.2. The third kappa shape index (κ3) is 11.3. The fourth-order valence-electron chi connectivity index (χ4n) is 13.0. The number of nitrogens with one attached hydrogen (secondary N) is 3. The summed E-state index contributed by atoms with van der Waals surface area (Å²) in [5, 5.41) is 17.2. The van der Waals surface area contributed by atoms with Crippen molar-refractivity contribution >= 4 is 32.7 Å². The Labute approximate surface area is 454 Å². The van der Waals surface area contributed by atoms with Crippen molar-refractivity contribution < 1.29 is 46.0 Å². The van der Waals surface area contributed by atoms with Crippen molar-refractivity contribution in [2.24, 2.45) is 16.5 Å². The minimum Gasteiger partial charge on any atom is -0.501 e. The number of carbonyl (C=O) groups is 1. The van der Waals surface area contributed by atoms with Gasteiger partial charge in [0.2, 0.25) is 0 Å².